The maximum atomic E-state index is 11.7. The topological polar surface area (TPSA) is 105 Å². The lowest BCUT2D eigenvalue weighted by atomic mass is 9.97. The van der Waals surface area contributed by atoms with Crippen LogP contribution in [0, 0.1) is 5.92 Å². The molecule has 0 radical (unpaired) electrons. The Morgan fingerprint density at radius 1 is 1.29 bits per heavy atom. The number of aromatic nitrogens is 1. The maximum Gasteiger partial charge on any atom is 0.222 e. The maximum absolute atomic E-state index is 11.7. The number of nitrogens with two attached hydrogens (primary N) is 1. The van der Waals surface area contributed by atoms with Crippen molar-refractivity contribution in [3.63, 3.8) is 0 Å². The van der Waals surface area contributed by atoms with Crippen molar-refractivity contribution in [2.45, 2.75) is 32.9 Å². The summed E-state index contributed by atoms with van der Waals surface area (Å²) < 4.78 is 5.21. The number of ether oxygens (including phenoxy) is 1. The number of nitrogens with zero attached hydrogens (tertiary/aromatic N) is 3. The van der Waals surface area contributed by atoms with Crippen LogP contribution in [0.4, 0.5) is 5.82 Å². The molecule has 3 rings (SSSR count). The highest BCUT2D eigenvalue weighted by Gasteiger charge is 2.25. The summed E-state index contributed by atoms with van der Waals surface area (Å²) >= 11 is 0. The summed E-state index contributed by atoms with van der Waals surface area (Å²) in [5.74, 6) is 2.10. The van der Waals surface area contributed by atoms with Gasteiger partial charge in [0, 0.05) is 37.9 Å². The van der Waals surface area contributed by atoms with Crippen molar-refractivity contribution in [2.24, 2.45) is 16.6 Å². The second kappa shape index (κ2) is 11.2. The zero-order chi connectivity index (χ0) is 22.1. The van der Waals surface area contributed by atoms with Crippen LogP contribution in [0.1, 0.15) is 30.9 Å². The molecule has 1 aromatic carbocycles. The Balaban J connectivity index is 1.67. The first-order valence-corrected chi connectivity index (χ1v) is 10.7. The lowest BCUT2D eigenvalue weighted by Crippen LogP contribution is -2.42. The van der Waals surface area contributed by atoms with Gasteiger partial charge in [0.25, 0.3) is 0 Å². The minimum Gasteiger partial charge on any atom is -0.497 e. The van der Waals surface area contributed by atoms with Gasteiger partial charge >= 0.3 is 0 Å². The van der Waals surface area contributed by atoms with E-state index in [4.69, 9.17) is 15.5 Å². The van der Waals surface area contributed by atoms with Gasteiger partial charge in [0.2, 0.25) is 5.91 Å². The Hall–Kier alpha value is -3.29. The molecule has 1 atom stereocenters. The molecule has 1 aromatic heterocycles. The minimum absolute atomic E-state index is 0.125. The van der Waals surface area contributed by atoms with E-state index in [0.29, 0.717) is 19.6 Å². The molecule has 0 spiro atoms. The molecule has 31 heavy (non-hydrogen) atoms. The summed E-state index contributed by atoms with van der Waals surface area (Å²) in [5.41, 5.74) is 7.71. The number of guanidine groups is 1. The van der Waals surface area contributed by atoms with Crippen molar-refractivity contribution in [3.8, 4) is 5.75 Å². The van der Waals surface area contributed by atoms with E-state index in [-0.39, 0.29) is 11.8 Å². The number of anilines is 1. The van der Waals surface area contributed by atoms with Crippen LogP contribution < -0.4 is 26.0 Å². The quantitative estimate of drug-likeness (QED) is 0.443. The standard InChI is InChI=1S/C23H32N6O2/c1-3-25-23(27-14-17-8-10-20(31-2)11-9-17)28-15-18-6-4-12-26-22(18)29-13-5-7-19(16-29)21(24)30/h4,6,8-12,19H,3,5,7,13-16H2,1-2H3,(H2,24,30)(H2,25,27,28). The number of carbonyl (C=O) groups excluding carboxylic acids is 1. The third-order valence-corrected chi connectivity index (χ3v) is 5.36. The molecule has 1 amide bonds. The van der Waals surface area contributed by atoms with Gasteiger partial charge in [-0.15, -0.1) is 0 Å². The van der Waals surface area contributed by atoms with Crippen molar-refractivity contribution >= 4 is 17.7 Å². The molecule has 8 heteroatoms. The number of pyridine rings is 1. The van der Waals surface area contributed by atoms with Crippen LogP contribution in [0.5, 0.6) is 5.75 Å². The lowest BCUT2D eigenvalue weighted by molar-refractivity contribution is -0.122. The number of carbonyl (C=O) groups is 1. The van der Waals surface area contributed by atoms with Gasteiger partial charge in [-0.25, -0.2) is 9.98 Å². The highest BCUT2D eigenvalue weighted by molar-refractivity contribution is 5.80. The fourth-order valence-electron chi connectivity index (χ4n) is 3.68. The third kappa shape index (κ3) is 6.34. The Bertz CT molecular complexity index is 884. The molecule has 4 N–H and O–H groups in total. The molecular formula is C23H32N6O2. The smallest absolute Gasteiger partial charge is 0.222 e. The number of piperidine rings is 1. The fourth-order valence-corrected chi connectivity index (χ4v) is 3.68. The van der Waals surface area contributed by atoms with Gasteiger partial charge in [0.05, 0.1) is 19.6 Å². The minimum atomic E-state index is -0.236. The molecule has 0 aliphatic carbocycles. The summed E-state index contributed by atoms with van der Waals surface area (Å²) in [6.45, 7) is 5.43. The van der Waals surface area contributed by atoms with Crippen molar-refractivity contribution in [1.82, 2.24) is 15.6 Å². The molecular weight excluding hydrogens is 392 g/mol. The second-order valence-corrected chi connectivity index (χ2v) is 7.57. The van der Waals surface area contributed by atoms with E-state index in [0.717, 1.165) is 54.6 Å². The van der Waals surface area contributed by atoms with Crippen LogP contribution in [0.25, 0.3) is 0 Å². The Labute approximate surface area is 183 Å². The van der Waals surface area contributed by atoms with Gasteiger partial charge in [0.1, 0.15) is 11.6 Å². The van der Waals surface area contributed by atoms with Gasteiger partial charge in [-0.05, 0) is 43.5 Å². The van der Waals surface area contributed by atoms with E-state index < -0.39 is 0 Å². The van der Waals surface area contributed by atoms with Crippen molar-refractivity contribution in [1.29, 1.82) is 0 Å². The SMILES string of the molecule is CCNC(=NCc1ccc(OC)cc1)NCc1cccnc1N1CCCC(C(N)=O)C1. The molecule has 8 nitrogen and oxygen atoms in total. The predicted octanol–water partition coefficient (Wildman–Crippen LogP) is 2.05. The van der Waals surface area contributed by atoms with Crippen LogP contribution in [0.2, 0.25) is 0 Å². The molecule has 2 heterocycles. The van der Waals surface area contributed by atoms with E-state index in [2.05, 4.69) is 26.6 Å². The number of hydrogen-bond donors (Lipinski definition) is 3. The first-order valence-electron chi connectivity index (χ1n) is 10.7. The van der Waals surface area contributed by atoms with Gasteiger partial charge < -0.3 is 26.0 Å². The average molecular weight is 425 g/mol. The second-order valence-electron chi connectivity index (χ2n) is 7.57. The van der Waals surface area contributed by atoms with Crippen molar-refractivity contribution in [3.05, 3.63) is 53.7 Å². The number of benzene rings is 1. The molecule has 1 unspecified atom stereocenters. The summed E-state index contributed by atoms with van der Waals surface area (Å²) in [6, 6.07) is 11.9. The van der Waals surface area contributed by atoms with Crippen molar-refractivity contribution < 1.29 is 9.53 Å². The first kappa shape index (κ1) is 22.4. The number of nitrogens with one attached hydrogen (secondary N) is 2. The zero-order valence-electron chi connectivity index (χ0n) is 18.3. The van der Waals surface area contributed by atoms with Crippen molar-refractivity contribution in [2.75, 3.05) is 31.6 Å². The van der Waals surface area contributed by atoms with Gasteiger partial charge in [-0.3, -0.25) is 4.79 Å². The molecule has 1 aliphatic rings. The number of rotatable bonds is 8. The van der Waals surface area contributed by atoms with E-state index in [9.17, 15) is 4.79 Å². The third-order valence-electron chi connectivity index (χ3n) is 5.36. The summed E-state index contributed by atoms with van der Waals surface area (Å²) in [6.07, 6.45) is 3.56. The summed E-state index contributed by atoms with van der Waals surface area (Å²) in [5, 5.41) is 6.68. The van der Waals surface area contributed by atoms with Crippen LogP contribution in [-0.4, -0.2) is 43.6 Å². The molecule has 1 aliphatic heterocycles. The molecule has 1 fully saturated rings. The largest absolute Gasteiger partial charge is 0.497 e. The number of aliphatic imine (C=N–C) groups is 1. The molecule has 2 aromatic rings. The number of methoxy groups -OCH3 is 1. The van der Waals surface area contributed by atoms with E-state index in [1.807, 2.05) is 37.3 Å². The van der Waals surface area contributed by atoms with E-state index >= 15 is 0 Å². The van der Waals surface area contributed by atoms with E-state index in [1.54, 1.807) is 13.3 Å². The Morgan fingerprint density at radius 2 is 2.10 bits per heavy atom. The Kier molecular flexibility index (Phi) is 8.09. The summed E-state index contributed by atoms with van der Waals surface area (Å²) in [7, 11) is 1.66. The van der Waals surface area contributed by atoms with Crippen LogP contribution in [0.15, 0.2) is 47.6 Å². The molecule has 166 valence electrons. The van der Waals surface area contributed by atoms with Crippen LogP contribution >= 0.6 is 0 Å². The fraction of sp³-hybridized carbons (Fsp3) is 0.435. The molecule has 0 saturated carbocycles. The van der Waals surface area contributed by atoms with Crippen LogP contribution in [0.3, 0.4) is 0 Å². The van der Waals surface area contributed by atoms with Gasteiger partial charge in [-0.1, -0.05) is 18.2 Å². The molecule has 1 saturated heterocycles. The average Bonchev–Trinajstić information content (AvgIpc) is 2.81. The molecule has 0 bridgehead atoms. The zero-order valence-corrected chi connectivity index (χ0v) is 18.3. The lowest BCUT2D eigenvalue weighted by Gasteiger charge is -2.33. The number of hydrogen-bond acceptors (Lipinski definition) is 5. The monoisotopic (exact) mass is 424 g/mol. The van der Waals surface area contributed by atoms with Crippen LogP contribution in [-0.2, 0) is 17.9 Å². The highest BCUT2D eigenvalue weighted by Crippen LogP contribution is 2.24. The van der Waals surface area contributed by atoms with E-state index in [1.165, 1.54) is 0 Å². The normalized spacial score (nSPS) is 16.6. The van der Waals surface area contributed by atoms with Gasteiger partial charge in [-0.2, -0.15) is 0 Å². The highest BCUT2D eigenvalue weighted by atomic mass is 16.5. The summed E-state index contributed by atoms with van der Waals surface area (Å²) in [4.78, 5) is 23.1. The Morgan fingerprint density at radius 3 is 2.81 bits per heavy atom. The predicted molar refractivity (Wildman–Crippen MR) is 123 cm³/mol. The number of primary amides is 1. The first-order chi connectivity index (χ1) is 15.1. The number of amides is 1. The van der Waals surface area contributed by atoms with Gasteiger partial charge in [0.15, 0.2) is 5.96 Å².